The fourth-order valence-corrected chi connectivity index (χ4v) is 1.40. The van der Waals surface area contributed by atoms with Crippen molar-refractivity contribution in [2.45, 2.75) is 18.9 Å². The molecule has 2 atom stereocenters. The second-order valence-electron chi connectivity index (χ2n) is 2.97. The molecule has 4 heteroatoms. The van der Waals surface area contributed by atoms with E-state index in [0.717, 1.165) is 0 Å². The van der Waals surface area contributed by atoms with Gasteiger partial charge in [0.2, 0.25) is 0 Å². The number of nitrogens with two attached hydrogens (primary N) is 1. The molecule has 1 aliphatic rings. The third kappa shape index (κ3) is 1.73. The van der Waals surface area contributed by atoms with Crippen molar-refractivity contribution in [3.8, 4) is 0 Å². The molecule has 0 aromatic rings. The van der Waals surface area contributed by atoms with E-state index in [9.17, 15) is 4.79 Å². The molecule has 1 aliphatic carbocycles. The number of carbonyl (C=O) groups excluding carboxylic acids is 1. The molecule has 4 nitrogen and oxygen atoms in total. The van der Waals surface area contributed by atoms with E-state index < -0.39 is 5.60 Å². The predicted octanol–water partition coefficient (Wildman–Crippen LogP) is 0.427. The molecule has 74 valence electrons. The number of hydrogen-bond donors (Lipinski definition) is 1. The second kappa shape index (κ2) is 3.89. The van der Waals surface area contributed by atoms with Gasteiger partial charge >= 0.3 is 5.97 Å². The third-order valence-electron chi connectivity index (χ3n) is 2.21. The Labute approximate surface area is 77.7 Å². The molecule has 0 aromatic carbocycles. The zero-order valence-electron chi connectivity index (χ0n) is 7.79. The summed E-state index contributed by atoms with van der Waals surface area (Å²) in [4.78, 5) is 11.4. The fraction of sp³-hybridized carbons (Fsp3) is 0.667. The first-order valence-electron chi connectivity index (χ1n) is 4.35. The molecule has 2 unspecified atom stereocenters. The lowest BCUT2D eigenvalue weighted by atomic mass is 10.2. The summed E-state index contributed by atoms with van der Waals surface area (Å²) in [5, 5.41) is 0. The Morgan fingerprint density at radius 3 is 2.92 bits per heavy atom. The van der Waals surface area contributed by atoms with Gasteiger partial charge in [0.25, 0.3) is 0 Å². The van der Waals surface area contributed by atoms with Crippen molar-refractivity contribution in [3.05, 3.63) is 12.7 Å². The maximum absolute atomic E-state index is 11.4. The molecule has 0 radical (unpaired) electrons. The van der Waals surface area contributed by atoms with E-state index in [-0.39, 0.29) is 18.6 Å². The van der Waals surface area contributed by atoms with Gasteiger partial charge in [-0.1, -0.05) is 6.08 Å². The molecule has 0 amide bonds. The largest absolute Gasteiger partial charge is 0.464 e. The van der Waals surface area contributed by atoms with Gasteiger partial charge in [-0.25, -0.2) is 4.79 Å². The van der Waals surface area contributed by atoms with Crippen LogP contribution in [-0.4, -0.2) is 24.9 Å². The first-order valence-corrected chi connectivity index (χ1v) is 4.35. The molecule has 0 spiro atoms. The van der Waals surface area contributed by atoms with Crippen LogP contribution in [0.3, 0.4) is 0 Å². The Bertz CT molecular complexity index is 217. The Kier molecular flexibility index (Phi) is 3.06. The van der Waals surface area contributed by atoms with Crippen LogP contribution in [0.4, 0.5) is 0 Å². The molecular weight excluding hydrogens is 170 g/mol. The summed E-state index contributed by atoms with van der Waals surface area (Å²) in [6.07, 6.45) is 2.33. The molecule has 0 heterocycles. The number of carbonyl (C=O) groups is 1. The van der Waals surface area contributed by atoms with Gasteiger partial charge in [0.15, 0.2) is 5.60 Å². The highest BCUT2D eigenvalue weighted by Crippen LogP contribution is 2.48. The van der Waals surface area contributed by atoms with Crippen LogP contribution >= 0.6 is 0 Å². The van der Waals surface area contributed by atoms with Crippen LogP contribution in [0.15, 0.2) is 12.7 Å². The highest BCUT2D eigenvalue weighted by molar-refractivity contribution is 5.84. The summed E-state index contributed by atoms with van der Waals surface area (Å²) in [7, 11) is 0. The minimum absolute atomic E-state index is 0.0309. The zero-order chi connectivity index (χ0) is 9.90. The summed E-state index contributed by atoms with van der Waals surface area (Å²) in [6, 6.07) is 0. The highest BCUT2D eigenvalue weighted by atomic mass is 16.6. The Morgan fingerprint density at radius 1 is 1.85 bits per heavy atom. The Morgan fingerprint density at radius 2 is 2.54 bits per heavy atom. The van der Waals surface area contributed by atoms with E-state index >= 15 is 0 Å². The van der Waals surface area contributed by atoms with Crippen LogP contribution in [0.25, 0.3) is 0 Å². The second-order valence-corrected chi connectivity index (χ2v) is 2.97. The number of esters is 1. The van der Waals surface area contributed by atoms with Crippen LogP contribution in [0, 0.1) is 5.92 Å². The van der Waals surface area contributed by atoms with Crippen molar-refractivity contribution >= 4 is 5.97 Å². The summed E-state index contributed by atoms with van der Waals surface area (Å²) in [5.41, 5.74) is 4.41. The molecule has 2 N–H and O–H groups in total. The van der Waals surface area contributed by atoms with Crippen LogP contribution in [-0.2, 0) is 14.3 Å². The molecule has 0 aliphatic heterocycles. The van der Waals surface area contributed by atoms with Gasteiger partial charge in [0, 0.05) is 5.92 Å². The van der Waals surface area contributed by atoms with E-state index in [2.05, 4.69) is 6.58 Å². The van der Waals surface area contributed by atoms with E-state index in [1.807, 2.05) is 0 Å². The smallest absolute Gasteiger partial charge is 0.339 e. The number of ether oxygens (including phenoxy) is 2. The van der Waals surface area contributed by atoms with Gasteiger partial charge in [-0.05, 0) is 13.3 Å². The predicted molar refractivity (Wildman–Crippen MR) is 47.8 cm³/mol. The summed E-state index contributed by atoms with van der Waals surface area (Å²) >= 11 is 0. The lowest BCUT2D eigenvalue weighted by Crippen LogP contribution is -2.32. The standard InChI is InChI=1S/C9H15NO3/c1-3-7-5-9(7,13-6-10)8(11)12-4-2/h3,7H,1,4-6,10H2,2H3. The molecule has 0 saturated heterocycles. The summed E-state index contributed by atoms with van der Waals surface area (Å²) < 4.78 is 10.1. The van der Waals surface area contributed by atoms with Gasteiger partial charge in [-0.15, -0.1) is 6.58 Å². The summed E-state index contributed by atoms with van der Waals surface area (Å²) in [6.45, 7) is 5.77. The molecule has 0 aromatic heterocycles. The maximum atomic E-state index is 11.4. The van der Waals surface area contributed by atoms with Crippen LogP contribution in [0.2, 0.25) is 0 Å². The van der Waals surface area contributed by atoms with Crippen molar-refractivity contribution in [2.75, 3.05) is 13.3 Å². The lowest BCUT2D eigenvalue weighted by molar-refractivity contribution is -0.160. The minimum Gasteiger partial charge on any atom is -0.464 e. The quantitative estimate of drug-likeness (QED) is 0.383. The maximum Gasteiger partial charge on any atom is 0.339 e. The van der Waals surface area contributed by atoms with Crippen molar-refractivity contribution in [1.29, 1.82) is 0 Å². The van der Waals surface area contributed by atoms with Crippen molar-refractivity contribution in [3.63, 3.8) is 0 Å². The number of hydrogen-bond acceptors (Lipinski definition) is 4. The van der Waals surface area contributed by atoms with E-state index in [1.54, 1.807) is 13.0 Å². The average molecular weight is 185 g/mol. The third-order valence-corrected chi connectivity index (χ3v) is 2.21. The van der Waals surface area contributed by atoms with Gasteiger partial charge in [-0.3, -0.25) is 0 Å². The van der Waals surface area contributed by atoms with Gasteiger partial charge < -0.3 is 15.2 Å². The average Bonchev–Trinajstić information content (AvgIpc) is 2.81. The van der Waals surface area contributed by atoms with Crippen LogP contribution < -0.4 is 5.73 Å². The van der Waals surface area contributed by atoms with E-state index in [1.165, 1.54) is 0 Å². The highest BCUT2D eigenvalue weighted by Gasteiger charge is 2.61. The molecule has 0 bridgehead atoms. The van der Waals surface area contributed by atoms with E-state index in [0.29, 0.717) is 13.0 Å². The molecule has 1 fully saturated rings. The fourth-order valence-electron chi connectivity index (χ4n) is 1.40. The van der Waals surface area contributed by atoms with Gasteiger partial charge in [0.05, 0.1) is 13.3 Å². The van der Waals surface area contributed by atoms with Crippen molar-refractivity contribution in [1.82, 2.24) is 0 Å². The molecule has 1 rings (SSSR count). The monoisotopic (exact) mass is 185 g/mol. The minimum atomic E-state index is -0.827. The number of rotatable bonds is 5. The Balaban J connectivity index is 2.59. The van der Waals surface area contributed by atoms with Crippen LogP contribution in [0.1, 0.15) is 13.3 Å². The normalized spacial score (nSPS) is 31.1. The Hall–Kier alpha value is -0.870. The van der Waals surface area contributed by atoms with Crippen molar-refractivity contribution in [2.24, 2.45) is 11.7 Å². The lowest BCUT2D eigenvalue weighted by Gasteiger charge is -2.14. The summed E-state index contributed by atoms with van der Waals surface area (Å²) in [5.74, 6) is -0.277. The van der Waals surface area contributed by atoms with Gasteiger partial charge in [0.1, 0.15) is 0 Å². The molecular formula is C9H15NO3. The first kappa shape index (κ1) is 10.2. The zero-order valence-corrected chi connectivity index (χ0v) is 7.79. The SMILES string of the molecule is C=CC1CC1(OCN)C(=O)OCC. The molecule has 13 heavy (non-hydrogen) atoms. The van der Waals surface area contributed by atoms with Crippen LogP contribution in [0.5, 0.6) is 0 Å². The van der Waals surface area contributed by atoms with Crippen molar-refractivity contribution < 1.29 is 14.3 Å². The first-order chi connectivity index (χ1) is 6.21. The topological polar surface area (TPSA) is 61.5 Å². The van der Waals surface area contributed by atoms with Gasteiger partial charge in [-0.2, -0.15) is 0 Å². The van der Waals surface area contributed by atoms with E-state index in [4.69, 9.17) is 15.2 Å². The molecule has 1 saturated carbocycles.